The van der Waals surface area contributed by atoms with Crippen molar-refractivity contribution in [2.45, 2.75) is 17.7 Å². The van der Waals surface area contributed by atoms with Crippen molar-refractivity contribution in [3.8, 4) is 0 Å². The van der Waals surface area contributed by atoms with Crippen LogP contribution in [0.2, 0.25) is 0 Å². The predicted molar refractivity (Wildman–Crippen MR) is 86.1 cm³/mol. The normalized spacial score (nSPS) is 17.1. The Morgan fingerprint density at radius 3 is 3.05 bits per heavy atom. The average Bonchev–Trinajstić information content (AvgIpc) is 2.92. The molecule has 0 spiro atoms. The van der Waals surface area contributed by atoms with Crippen molar-refractivity contribution in [3.05, 3.63) is 69.6 Å². The minimum atomic E-state index is 0.0457. The smallest absolute Gasteiger partial charge is 0.191 e. The number of rotatable bonds is 1. The van der Waals surface area contributed by atoms with Crippen molar-refractivity contribution >= 4 is 22.8 Å². The number of aryl methyl sites for hydroxylation is 1. The summed E-state index contributed by atoms with van der Waals surface area (Å²) in [7, 11) is 0. The van der Waals surface area contributed by atoms with Crippen molar-refractivity contribution in [2.75, 3.05) is 5.75 Å². The van der Waals surface area contributed by atoms with Gasteiger partial charge in [-0.3, -0.25) is 4.79 Å². The molecule has 0 radical (unpaired) electrons. The second-order valence-electron chi connectivity index (χ2n) is 5.40. The Bertz CT molecular complexity index is 901. The number of aromatic amines is 1. The highest BCUT2D eigenvalue weighted by atomic mass is 32.2. The summed E-state index contributed by atoms with van der Waals surface area (Å²) in [6.07, 6.45) is 1.79. The Morgan fingerprint density at radius 2 is 2.14 bits per heavy atom. The molecule has 0 amide bonds. The molecule has 1 aliphatic heterocycles. The molecule has 1 N–H and O–H groups in total. The molecule has 0 saturated carbocycles. The van der Waals surface area contributed by atoms with E-state index < -0.39 is 0 Å². The van der Waals surface area contributed by atoms with Crippen LogP contribution < -0.4 is 5.43 Å². The molecular weight excluding hydrogens is 280 g/mol. The van der Waals surface area contributed by atoms with Gasteiger partial charge in [0.05, 0.1) is 5.39 Å². The van der Waals surface area contributed by atoms with Crippen molar-refractivity contribution in [2.24, 2.45) is 0 Å². The van der Waals surface area contributed by atoms with E-state index in [1.165, 1.54) is 10.5 Å². The van der Waals surface area contributed by atoms with E-state index in [1.807, 2.05) is 24.8 Å². The summed E-state index contributed by atoms with van der Waals surface area (Å²) in [4.78, 5) is 21.4. The summed E-state index contributed by atoms with van der Waals surface area (Å²) in [5.74, 6) is 1.21. The largest absolute Gasteiger partial charge is 0.342 e. The molecule has 1 aromatic carbocycles. The highest BCUT2D eigenvalue weighted by Crippen LogP contribution is 2.42. The molecule has 4 rings (SSSR count). The third-order valence-electron chi connectivity index (χ3n) is 3.91. The maximum atomic E-state index is 12.4. The Balaban J connectivity index is 1.89. The first kappa shape index (κ1) is 12.7. The van der Waals surface area contributed by atoms with Gasteiger partial charge in [-0.25, -0.2) is 4.98 Å². The fraction of sp³-hybridized carbons (Fsp3) is 0.176. The number of pyridine rings is 2. The molecule has 0 bridgehead atoms. The van der Waals surface area contributed by atoms with Gasteiger partial charge in [0.15, 0.2) is 5.43 Å². The van der Waals surface area contributed by atoms with Gasteiger partial charge in [0.2, 0.25) is 0 Å². The highest BCUT2D eigenvalue weighted by molar-refractivity contribution is 7.99. The molecule has 21 heavy (non-hydrogen) atoms. The molecule has 0 aliphatic carbocycles. The van der Waals surface area contributed by atoms with Crippen LogP contribution in [0.5, 0.6) is 0 Å². The molecule has 3 aromatic rings. The SMILES string of the molecule is Cc1cnc2[nH]c(C3CSc4ccccc43)cc(=O)c2c1. The lowest BCUT2D eigenvalue weighted by atomic mass is 9.97. The van der Waals surface area contributed by atoms with E-state index in [2.05, 4.69) is 34.2 Å². The van der Waals surface area contributed by atoms with Gasteiger partial charge in [-0.05, 0) is 30.2 Å². The maximum absolute atomic E-state index is 12.4. The molecule has 0 fully saturated rings. The summed E-state index contributed by atoms with van der Waals surface area (Å²) in [6.45, 7) is 1.95. The molecule has 0 saturated heterocycles. The van der Waals surface area contributed by atoms with Gasteiger partial charge in [0, 0.05) is 34.5 Å². The van der Waals surface area contributed by atoms with E-state index in [4.69, 9.17) is 0 Å². The van der Waals surface area contributed by atoms with Crippen LogP contribution in [0.15, 0.2) is 52.3 Å². The fourth-order valence-electron chi connectivity index (χ4n) is 2.86. The van der Waals surface area contributed by atoms with Crippen molar-refractivity contribution in [3.63, 3.8) is 0 Å². The number of nitrogens with zero attached hydrogens (tertiary/aromatic N) is 1. The first-order chi connectivity index (χ1) is 10.2. The molecule has 4 heteroatoms. The number of fused-ring (bicyclic) bond motifs is 2. The van der Waals surface area contributed by atoms with Crippen LogP contribution in [0.3, 0.4) is 0 Å². The Labute approximate surface area is 126 Å². The van der Waals surface area contributed by atoms with Crippen LogP contribution in [0.25, 0.3) is 11.0 Å². The Morgan fingerprint density at radius 1 is 1.29 bits per heavy atom. The topological polar surface area (TPSA) is 45.8 Å². The minimum absolute atomic E-state index is 0.0457. The third kappa shape index (κ3) is 2.07. The summed E-state index contributed by atoms with van der Waals surface area (Å²) in [5.41, 5.74) is 3.98. The lowest BCUT2D eigenvalue weighted by molar-refractivity contribution is 0.888. The number of hydrogen-bond donors (Lipinski definition) is 1. The number of thioether (sulfide) groups is 1. The van der Waals surface area contributed by atoms with Gasteiger partial charge in [-0.1, -0.05) is 18.2 Å². The quantitative estimate of drug-likeness (QED) is 0.747. The van der Waals surface area contributed by atoms with Crippen LogP contribution in [0.4, 0.5) is 0 Å². The fourth-order valence-corrected chi connectivity index (χ4v) is 4.11. The third-order valence-corrected chi connectivity index (χ3v) is 5.10. The summed E-state index contributed by atoms with van der Waals surface area (Å²) >= 11 is 1.84. The van der Waals surface area contributed by atoms with E-state index >= 15 is 0 Å². The van der Waals surface area contributed by atoms with Gasteiger partial charge in [0.1, 0.15) is 5.65 Å². The zero-order valence-corrected chi connectivity index (χ0v) is 12.4. The van der Waals surface area contributed by atoms with E-state index in [0.29, 0.717) is 11.0 Å². The first-order valence-corrected chi connectivity index (χ1v) is 7.92. The Hall–Kier alpha value is -2.07. The van der Waals surface area contributed by atoms with E-state index in [1.54, 1.807) is 12.3 Å². The molecule has 1 atom stereocenters. The zero-order valence-electron chi connectivity index (χ0n) is 11.6. The molecule has 3 heterocycles. The average molecular weight is 294 g/mol. The van der Waals surface area contributed by atoms with E-state index in [9.17, 15) is 4.79 Å². The van der Waals surface area contributed by atoms with Gasteiger partial charge in [-0.15, -0.1) is 11.8 Å². The van der Waals surface area contributed by atoms with Gasteiger partial charge in [0.25, 0.3) is 0 Å². The lowest BCUT2D eigenvalue weighted by Gasteiger charge is -2.12. The van der Waals surface area contributed by atoms with Gasteiger partial charge < -0.3 is 4.98 Å². The monoisotopic (exact) mass is 294 g/mol. The van der Waals surface area contributed by atoms with Crippen LogP contribution in [0, 0.1) is 6.92 Å². The standard InChI is InChI=1S/C17H14N2OS/c1-10-6-12-15(20)7-14(19-17(12)18-8-10)13-9-21-16-5-3-2-4-11(13)16/h2-8,13H,9H2,1H3,(H,18,19,20). The van der Waals surface area contributed by atoms with Crippen molar-refractivity contribution in [1.82, 2.24) is 9.97 Å². The molecule has 104 valence electrons. The minimum Gasteiger partial charge on any atom is -0.342 e. The highest BCUT2D eigenvalue weighted by Gasteiger charge is 2.25. The Kier molecular flexibility index (Phi) is 2.86. The number of hydrogen-bond acceptors (Lipinski definition) is 3. The van der Waals surface area contributed by atoms with Gasteiger partial charge in [-0.2, -0.15) is 0 Å². The summed E-state index contributed by atoms with van der Waals surface area (Å²) in [6, 6.07) is 12.0. The maximum Gasteiger partial charge on any atom is 0.191 e. The van der Waals surface area contributed by atoms with E-state index in [-0.39, 0.29) is 11.3 Å². The van der Waals surface area contributed by atoms with Crippen LogP contribution in [-0.2, 0) is 0 Å². The number of nitrogens with one attached hydrogen (secondary N) is 1. The second kappa shape index (κ2) is 4.74. The molecule has 2 aromatic heterocycles. The number of aromatic nitrogens is 2. The van der Waals surface area contributed by atoms with Crippen molar-refractivity contribution in [1.29, 1.82) is 0 Å². The molecule has 1 aliphatic rings. The van der Waals surface area contributed by atoms with Gasteiger partial charge >= 0.3 is 0 Å². The molecule has 1 unspecified atom stereocenters. The predicted octanol–water partition coefficient (Wildman–Crippen LogP) is 3.47. The first-order valence-electron chi connectivity index (χ1n) is 6.94. The van der Waals surface area contributed by atoms with Crippen molar-refractivity contribution < 1.29 is 0 Å². The molecule has 3 nitrogen and oxygen atoms in total. The van der Waals surface area contributed by atoms with E-state index in [0.717, 1.165) is 17.0 Å². The molecular formula is C17H14N2OS. The number of benzene rings is 1. The summed E-state index contributed by atoms with van der Waals surface area (Å²) < 4.78 is 0. The van der Waals surface area contributed by atoms with Crippen LogP contribution in [0.1, 0.15) is 22.7 Å². The van der Waals surface area contributed by atoms with Crippen LogP contribution >= 0.6 is 11.8 Å². The van der Waals surface area contributed by atoms with Crippen LogP contribution in [-0.4, -0.2) is 15.7 Å². The zero-order chi connectivity index (χ0) is 14.4. The summed E-state index contributed by atoms with van der Waals surface area (Å²) in [5, 5.41) is 0.665. The second-order valence-corrected chi connectivity index (χ2v) is 6.46. The lowest BCUT2D eigenvalue weighted by Crippen LogP contribution is -2.10. The number of H-pyrrole nitrogens is 1.